The molecule has 0 fully saturated rings. The van der Waals surface area contributed by atoms with E-state index in [9.17, 15) is 0 Å². The van der Waals surface area contributed by atoms with Crippen molar-refractivity contribution < 1.29 is 56.8 Å². The van der Waals surface area contributed by atoms with Crippen molar-refractivity contribution in [1.29, 1.82) is 0 Å². The molecule has 0 saturated carbocycles. The molecule has 0 heterocycles. The molecule has 0 aliphatic rings. The molecule has 5 heteroatoms. The zero-order valence-corrected chi connectivity index (χ0v) is 6.50. The van der Waals surface area contributed by atoms with E-state index < -0.39 is 0 Å². The molecular formula is H2Cl2O2W-4. The van der Waals surface area contributed by atoms with Crippen LogP contribution >= 0.6 is 0 Å². The first-order chi connectivity index (χ1) is 0. The smallest absolute Gasteiger partial charge is 0 e. The summed E-state index contributed by atoms with van der Waals surface area (Å²) in [5.41, 5.74) is 0. The van der Waals surface area contributed by atoms with E-state index in [1.807, 2.05) is 0 Å². The minimum Gasteiger partial charge on any atom is -1.00 e. The van der Waals surface area contributed by atoms with Crippen LogP contribution in [0.3, 0.4) is 0 Å². The van der Waals surface area contributed by atoms with Crippen molar-refractivity contribution in [3.8, 4) is 0 Å². The Balaban J connectivity index is 0. The van der Waals surface area contributed by atoms with Crippen LogP contribution in [0.1, 0.15) is 0 Å². The Labute approximate surface area is 57.0 Å². The number of hydrogen-bond acceptors (Lipinski definition) is 2. The zero-order chi connectivity index (χ0) is 0. The molecule has 0 aliphatic heterocycles. The fraction of sp³-hybridized carbons (Fsp3) is 0. The fourth-order valence-corrected chi connectivity index (χ4v) is 0. The van der Waals surface area contributed by atoms with Crippen LogP contribution in [0.15, 0.2) is 0 Å². The molecule has 0 aliphatic carbocycles. The third-order valence-electron chi connectivity index (χ3n) is 0. The van der Waals surface area contributed by atoms with Crippen molar-refractivity contribution >= 4 is 0 Å². The minimum absolute atomic E-state index is 0. The summed E-state index contributed by atoms with van der Waals surface area (Å²) >= 11 is 0. The molecule has 0 rings (SSSR count). The van der Waals surface area contributed by atoms with Crippen LogP contribution in [0.5, 0.6) is 0 Å². The van der Waals surface area contributed by atoms with Gasteiger partial charge in [-0.25, -0.2) is 0 Å². The third-order valence-corrected chi connectivity index (χ3v) is 0. The van der Waals surface area contributed by atoms with Gasteiger partial charge in [0.1, 0.15) is 0 Å². The molecule has 0 bridgehead atoms. The molecule has 0 spiro atoms. The minimum atomic E-state index is 0. The Bertz CT molecular complexity index is 7.61. The normalized spacial score (nSPS) is 0. The Hall–Kier alpha value is 1.19. The van der Waals surface area contributed by atoms with Gasteiger partial charge in [-0.1, -0.05) is 0 Å². The van der Waals surface area contributed by atoms with Gasteiger partial charge in [-0.2, -0.15) is 0 Å². The molecular weight excluding hydrogens is 287 g/mol. The van der Waals surface area contributed by atoms with Crippen LogP contribution in [-0.4, -0.2) is 11.0 Å². The first-order valence-electron chi connectivity index (χ1n) is 0. The Morgan fingerprint density at radius 1 is 0.600 bits per heavy atom. The second-order valence-electron chi connectivity index (χ2n) is 0. The van der Waals surface area contributed by atoms with Gasteiger partial charge < -0.3 is 35.8 Å². The van der Waals surface area contributed by atoms with Gasteiger partial charge in [-0.05, 0) is 0 Å². The van der Waals surface area contributed by atoms with Crippen molar-refractivity contribution in [3.05, 3.63) is 0 Å². The maximum absolute atomic E-state index is 0. The van der Waals surface area contributed by atoms with Crippen LogP contribution in [0.25, 0.3) is 0 Å². The summed E-state index contributed by atoms with van der Waals surface area (Å²) in [7, 11) is 0. The van der Waals surface area contributed by atoms with Gasteiger partial charge in [0.05, 0.1) is 0 Å². The van der Waals surface area contributed by atoms with E-state index in [2.05, 4.69) is 0 Å². The van der Waals surface area contributed by atoms with Crippen LogP contribution in [0.4, 0.5) is 0 Å². The van der Waals surface area contributed by atoms with E-state index >= 15 is 0 Å². The second kappa shape index (κ2) is 64.5. The quantitative estimate of drug-likeness (QED) is 0.445. The third kappa shape index (κ3) is 37.3. The van der Waals surface area contributed by atoms with E-state index in [4.69, 9.17) is 0 Å². The second-order valence-corrected chi connectivity index (χ2v) is 0. The van der Waals surface area contributed by atoms with Crippen molar-refractivity contribution in [2.45, 2.75) is 0 Å². The SMILES string of the molecule is [Cl-].[Cl-].[OH-].[OH-].[W]. The van der Waals surface area contributed by atoms with E-state index in [-0.39, 0.29) is 56.8 Å². The Morgan fingerprint density at radius 3 is 0.600 bits per heavy atom. The summed E-state index contributed by atoms with van der Waals surface area (Å²) in [5.74, 6) is 0. The standard InChI is InChI=1S/2ClH.2H2O.W/h2*1H;2*1H2;/p-4. The summed E-state index contributed by atoms with van der Waals surface area (Å²) in [6, 6.07) is 0. The molecule has 38 valence electrons. The summed E-state index contributed by atoms with van der Waals surface area (Å²) in [6.45, 7) is 0. The molecule has 0 aromatic heterocycles. The van der Waals surface area contributed by atoms with E-state index in [1.54, 1.807) is 0 Å². The first kappa shape index (κ1) is 118. The molecule has 5 heavy (non-hydrogen) atoms. The summed E-state index contributed by atoms with van der Waals surface area (Å²) in [4.78, 5) is 0. The molecule has 0 aromatic rings. The zero-order valence-electron chi connectivity index (χ0n) is 2.06. The van der Waals surface area contributed by atoms with Crippen LogP contribution in [0.2, 0.25) is 0 Å². The van der Waals surface area contributed by atoms with E-state index in [0.717, 1.165) is 0 Å². The van der Waals surface area contributed by atoms with Crippen molar-refractivity contribution in [3.63, 3.8) is 0 Å². The number of halogens is 2. The van der Waals surface area contributed by atoms with Crippen LogP contribution in [0, 0.1) is 0 Å². The fourth-order valence-electron chi connectivity index (χ4n) is 0. The van der Waals surface area contributed by atoms with E-state index in [0.29, 0.717) is 0 Å². The Kier molecular flexibility index (Phi) is 1520. The van der Waals surface area contributed by atoms with Gasteiger partial charge in [-0.15, -0.1) is 0 Å². The van der Waals surface area contributed by atoms with Gasteiger partial charge in [0, 0.05) is 21.1 Å². The number of rotatable bonds is 0. The molecule has 0 atom stereocenters. The molecule has 0 aromatic carbocycles. The van der Waals surface area contributed by atoms with Gasteiger partial charge in [-0.3, -0.25) is 0 Å². The van der Waals surface area contributed by atoms with Crippen molar-refractivity contribution in [1.82, 2.24) is 0 Å². The largest absolute Gasteiger partial charge is 1.00 e. The van der Waals surface area contributed by atoms with Crippen LogP contribution in [-0.2, 0) is 21.1 Å². The maximum Gasteiger partial charge on any atom is 0 e. The summed E-state index contributed by atoms with van der Waals surface area (Å²) in [6.07, 6.45) is 0. The topological polar surface area (TPSA) is 60.0 Å². The monoisotopic (exact) mass is 288 g/mol. The predicted octanol–water partition coefficient (Wildman–Crippen LogP) is -6.35. The number of hydrogen-bond donors (Lipinski definition) is 0. The maximum atomic E-state index is 0. The van der Waals surface area contributed by atoms with Crippen LogP contribution < -0.4 is 24.8 Å². The molecule has 0 radical (unpaired) electrons. The summed E-state index contributed by atoms with van der Waals surface area (Å²) in [5, 5.41) is 0. The average Bonchev–Trinajstić information content (AvgIpc) is 0. The van der Waals surface area contributed by atoms with Gasteiger partial charge in [0.25, 0.3) is 0 Å². The summed E-state index contributed by atoms with van der Waals surface area (Å²) < 4.78 is 0. The van der Waals surface area contributed by atoms with Crippen molar-refractivity contribution in [2.75, 3.05) is 0 Å². The predicted molar refractivity (Wildman–Crippen MR) is 3.87 cm³/mol. The molecule has 0 unspecified atom stereocenters. The van der Waals surface area contributed by atoms with Gasteiger partial charge in [0.15, 0.2) is 0 Å². The average molecular weight is 289 g/mol. The van der Waals surface area contributed by atoms with Gasteiger partial charge in [0.2, 0.25) is 0 Å². The van der Waals surface area contributed by atoms with Gasteiger partial charge >= 0.3 is 0 Å². The molecule has 2 N–H and O–H groups in total. The molecule has 2 nitrogen and oxygen atoms in total. The van der Waals surface area contributed by atoms with E-state index in [1.165, 1.54) is 0 Å². The van der Waals surface area contributed by atoms with Crippen molar-refractivity contribution in [2.24, 2.45) is 0 Å². The molecule has 0 saturated heterocycles. The Morgan fingerprint density at radius 2 is 0.600 bits per heavy atom. The first-order valence-corrected chi connectivity index (χ1v) is 0. The molecule has 0 amide bonds.